The number of aryl methyl sites for hydroxylation is 1. The van der Waals surface area contributed by atoms with E-state index in [2.05, 4.69) is 59.4 Å². The van der Waals surface area contributed by atoms with Crippen molar-refractivity contribution in [1.82, 2.24) is 9.97 Å². The third-order valence-corrected chi connectivity index (χ3v) is 5.06. The van der Waals surface area contributed by atoms with Gasteiger partial charge in [0.05, 0.1) is 28.5 Å². The fraction of sp³-hybridized carbons (Fsp3) is 0.226. The standard InChI is InChI=1S/C17H17N3.C14H19N/c1-13(2)12-17(16-9-5-7-11-19-16)20-14(3)15-8-4-6-10-18-15;1-5-11(2)10-13(4)15-14-9-7-6-8-12(14)3/h4-12H,1H2,2-3H3;6-10H,5H2,1-4H3/b17-12-,20-14?;. The second kappa shape index (κ2) is 14.4. The average Bonchev–Trinajstić information content (AvgIpc) is 2.86. The van der Waals surface area contributed by atoms with Crippen molar-refractivity contribution in [3.05, 3.63) is 120 Å². The van der Waals surface area contributed by atoms with E-state index in [0.717, 1.165) is 46.2 Å². The second-order valence-electron chi connectivity index (χ2n) is 8.39. The molecule has 0 saturated heterocycles. The minimum Gasteiger partial charge on any atom is -0.255 e. The fourth-order valence-corrected chi connectivity index (χ4v) is 3.10. The van der Waals surface area contributed by atoms with Gasteiger partial charge in [0.2, 0.25) is 0 Å². The van der Waals surface area contributed by atoms with Crippen LogP contribution in [-0.2, 0) is 0 Å². The molecule has 2 heterocycles. The highest BCUT2D eigenvalue weighted by molar-refractivity contribution is 6.00. The molecule has 0 bridgehead atoms. The largest absolute Gasteiger partial charge is 0.255 e. The van der Waals surface area contributed by atoms with Crippen molar-refractivity contribution < 1.29 is 0 Å². The molecule has 0 aliphatic rings. The smallest absolute Gasteiger partial charge is 0.0892 e. The Labute approximate surface area is 210 Å². The van der Waals surface area contributed by atoms with Gasteiger partial charge in [-0.05, 0) is 89.1 Å². The van der Waals surface area contributed by atoms with Crippen LogP contribution in [0, 0.1) is 6.92 Å². The Morgan fingerprint density at radius 1 is 0.829 bits per heavy atom. The maximum atomic E-state index is 4.65. The summed E-state index contributed by atoms with van der Waals surface area (Å²) in [7, 11) is 0. The molecular weight excluding hydrogens is 428 g/mol. The Bertz CT molecular complexity index is 1220. The number of allylic oxidation sites excluding steroid dienone is 4. The van der Waals surface area contributed by atoms with Crippen molar-refractivity contribution in [3.63, 3.8) is 0 Å². The van der Waals surface area contributed by atoms with E-state index in [9.17, 15) is 0 Å². The summed E-state index contributed by atoms with van der Waals surface area (Å²) in [6.07, 6.45) is 8.67. The van der Waals surface area contributed by atoms with Crippen LogP contribution in [0.3, 0.4) is 0 Å². The number of hydrogen-bond acceptors (Lipinski definition) is 4. The zero-order valence-corrected chi connectivity index (χ0v) is 21.8. The van der Waals surface area contributed by atoms with Crippen molar-refractivity contribution >= 4 is 22.8 Å². The number of hydrogen-bond donors (Lipinski definition) is 0. The van der Waals surface area contributed by atoms with Crippen LogP contribution in [-0.4, -0.2) is 21.4 Å². The Morgan fingerprint density at radius 3 is 1.97 bits per heavy atom. The molecule has 4 heteroatoms. The third kappa shape index (κ3) is 9.85. The lowest BCUT2D eigenvalue weighted by molar-refractivity contribution is 1.10. The molecule has 35 heavy (non-hydrogen) atoms. The molecule has 0 unspecified atom stereocenters. The molecule has 0 radical (unpaired) electrons. The van der Waals surface area contributed by atoms with Crippen LogP contribution in [0.1, 0.15) is 58.0 Å². The van der Waals surface area contributed by atoms with E-state index in [1.54, 1.807) is 12.4 Å². The molecule has 180 valence electrons. The molecule has 0 fully saturated rings. The molecule has 4 nitrogen and oxygen atoms in total. The van der Waals surface area contributed by atoms with Crippen LogP contribution in [0.4, 0.5) is 5.69 Å². The van der Waals surface area contributed by atoms with Crippen molar-refractivity contribution in [2.24, 2.45) is 9.98 Å². The molecule has 0 aliphatic carbocycles. The summed E-state index contributed by atoms with van der Waals surface area (Å²) in [5.41, 5.74) is 8.98. The highest BCUT2D eigenvalue weighted by Crippen LogP contribution is 2.18. The van der Waals surface area contributed by atoms with E-state index in [1.165, 1.54) is 11.1 Å². The monoisotopic (exact) mass is 464 g/mol. The molecule has 0 aliphatic heterocycles. The number of aliphatic imine (C=N–C) groups is 2. The summed E-state index contributed by atoms with van der Waals surface area (Å²) in [5.74, 6) is 0. The van der Waals surface area contributed by atoms with Gasteiger partial charge in [-0.25, -0.2) is 4.99 Å². The molecule has 0 saturated carbocycles. The second-order valence-corrected chi connectivity index (χ2v) is 8.39. The highest BCUT2D eigenvalue weighted by Gasteiger charge is 2.04. The number of para-hydroxylation sites is 1. The Hall–Kier alpha value is -3.92. The lowest BCUT2D eigenvalue weighted by Gasteiger charge is -2.04. The van der Waals surface area contributed by atoms with E-state index in [4.69, 9.17) is 0 Å². The maximum absolute atomic E-state index is 4.65. The van der Waals surface area contributed by atoms with Crippen molar-refractivity contribution in [2.45, 2.75) is 48.0 Å². The van der Waals surface area contributed by atoms with Crippen LogP contribution in [0.5, 0.6) is 0 Å². The van der Waals surface area contributed by atoms with Crippen molar-refractivity contribution in [1.29, 1.82) is 0 Å². The zero-order chi connectivity index (χ0) is 25.6. The minimum absolute atomic E-state index is 0.793. The van der Waals surface area contributed by atoms with Gasteiger partial charge in [-0.15, -0.1) is 0 Å². The first-order valence-corrected chi connectivity index (χ1v) is 11.8. The first-order chi connectivity index (χ1) is 16.8. The number of nitrogens with zero attached hydrogens (tertiary/aromatic N) is 4. The number of pyridine rings is 2. The van der Waals surface area contributed by atoms with Crippen LogP contribution < -0.4 is 0 Å². The molecule has 3 rings (SSSR count). The molecular formula is C31H36N4. The fourth-order valence-electron chi connectivity index (χ4n) is 3.10. The number of aromatic nitrogens is 2. The van der Waals surface area contributed by atoms with Crippen LogP contribution in [0.25, 0.3) is 5.70 Å². The molecule has 1 aromatic carbocycles. The number of rotatable bonds is 7. The van der Waals surface area contributed by atoms with Gasteiger partial charge in [-0.3, -0.25) is 15.0 Å². The van der Waals surface area contributed by atoms with Crippen molar-refractivity contribution in [2.75, 3.05) is 0 Å². The molecule has 0 atom stereocenters. The van der Waals surface area contributed by atoms with Crippen LogP contribution >= 0.6 is 0 Å². The van der Waals surface area contributed by atoms with Gasteiger partial charge in [0.25, 0.3) is 0 Å². The van der Waals surface area contributed by atoms with Gasteiger partial charge < -0.3 is 0 Å². The minimum atomic E-state index is 0.793. The zero-order valence-electron chi connectivity index (χ0n) is 21.8. The highest BCUT2D eigenvalue weighted by atomic mass is 14.8. The summed E-state index contributed by atoms with van der Waals surface area (Å²) in [5, 5.41) is 0. The van der Waals surface area contributed by atoms with Gasteiger partial charge in [-0.2, -0.15) is 0 Å². The van der Waals surface area contributed by atoms with Crippen molar-refractivity contribution in [3.8, 4) is 0 Å². The SMILES string of the molecule is C=C(C)/C=C(\N=C(C)c1ccccn1)c1ccccn1.CCC(C)=CC(C)=Nc1ccccc1C. The van der Waals surface area contributed by atoms with Gasteiger partial charge in [0.15, 0.2) is 0 Å². The van der Waals surface area contributed by atoms with Gasteiger partial charge in [0, 0.05) is 18.1 Å². The first-order valence-electron chi connectivity index (χ1n) is 11.8. The summed E-state index contributed by atoms with van der Waals surface area (Å²) in [6.45, 7) is 16.2. The van der Waals surface area contributed by atoms with E-state index in [1.807, 2.05) is 81.4 Å². The molecule has 2 aromatic heterocycles. The normalized spacial score (nSPS) is 12.6. The molecule has 3 aromatic rings. The van der Waals surface area contributed by atoms with Gasteiger partial charge in [0.1, 0.15) is 0 Å². The average molecular weight is 465 g/mol. The Kier molecular flexibility index (Phi) is 11.2. The topological polar surface area (TPSA) is 50.5 Å². The Morgan fingerprint density at radius 2 is 1.43 bits per heavy atom. The maximum Gasteiger partial charge on any atom is 0.0892 e. The van der Waals surface area contributed by atoms with E-state index in [0.29, 0.717) is 0 Å². The van der Waals surface area contributed by atoms with E-state index >= 15 is 0 Å². The summed E-state index contributed by atoms with van der Waals surface area (Å²) < 4.78 is 0. The van der Waals surface area contributed by atoms with Gasteiger partial charge in [-0.1, -0.05) is 55.0 Å². The molecule has 0 N–H and O–H groups in total. The summed E-state index contributed by atoms with van der Waals surface area (Å²) >= 11 is 0. The predicted octanol–water partition coefficient (Wildman–Crippen LogP) is 8.35. The summed E-state index contributed by atoms with van der Waals surface area (Å²) in [4.78, 5) is 17.9. The van der Waals surface area contributed by atoms with Gasteiger partial charge >= 0.3 is 0 Å². The Balaban J connectivity index is 0.000000258. The van der Waals surface area contributed by atoms with E-state index < -0.39 is 0 Å². The number of benzene rings is 1. The molecule has 0 amide bonds. The van der Waals surface area contributed by atoms with Crippen LogP contribution in [0.15, 0.2) is 113 Å². The first kappa shape index (κ1) is 27.3. The lowest BCUT2D eigenvalue weighted by Crippen LogP contribution is -1.99. The third-order valence-electron chi connectivity index (χ3n) is 5.06. The lowest BCUT2D eigenvalue weighted by atomic mass is 10.2. The van der Waals surface area contributed by atoms with E-state index in [-0.39, 0.29) is 0 Å². The van der Waals surface area contributed by atoms with Crippen LogP contribution in [0.2, 0.25) is 0 Å². The predicted molar refractivity (Wildman–Crippen MR) is 151 cm³/mol. The summed E-state index contributed by atoms with van der Waals surface area (Å²) in [6, 6.07) is 19.7. The quantitative estimate of drug-likeness (QED) is 0.260. The molecule has 0 spiro atoms.